The van der Waals surface area contributed by atoms with E-state index in [1.165, 1.54) is 12.1 Å². The number of benzene rings is 1. The Morgan fingerprint density at radius 1 is 1.14 bits per heavy atom. The Bertz CT molecular complexity index is 702. The van der Waals surface area contributed by atoms with E-state index < -0.39 is 11.7 Å². The molecule has 1 aliphatic heterocycles. The Kier molecular flexibility index (Phi) is 3.97. The number of halogens is 4. The molecule has 0 radical (unpaired) electrons. The largest absolute Gasteiger partial charge is 0.416 e. The summed E-state index contributed by atoms with van der Waals surface area (Å²) in [4.78, 5) is 7.38. The molecule has 3 rings (SSSR count). The quantitative estimate of drug-likeness (QED) is 0.871. The van der Waals surface area contributed by atoms with Gasteiger partial charge in [0.15, 0.2) is 5.15 Å². The number of H-pyrrole nitrogens is 1. The average Bonchev–Trinajstić information content (AvgIpc) is 2.89. The zero-order valence-corrected chi connectivity index (χ0v) is 12.2. The van der Waals surface area contributed by atoms with Gasteiger partial charge in [0.25, 0.3) is 0 Å². The summed E-state index contributed by atoms with van der Waals surface area (Å²) in [6.45, 7) is 1.63. The fourth-order valence-corrected chi connectivity index (χ4v) is 2.60. The Hall–Kier alpha value is -1.79. The van der Waals surface area contributed by atoms with Crippen molar-refractivity contribution < 1.29 is 13.2 Å². The molecule has 2 N–H and O–H groups in total. The second kappa shape index (κ2) is 5.78. The number of nitrogens with zero attached hydrogens (tertiary/aromatic N) is 1. The van der Waals surface area contributed by atoms with Crippen molar-refractivity contribution in [2.45, 2.75) is 12.6 Å². The standard InChI is InChI=1S/C15H13ClF3N3/c16-13-12(9-1-3-11(4-2-9)15(17,18)19)21-14(22-13)10-5-7-20-8-6-10/h1-5,20H,6-8H2,(H,21,22). The maximum atomic E-state index is 12.6. The van der Waals surface area contributed by atoms with Crippen molar-refractivity contribution in [3.63, 3.8) is 0 Å². The van der Waals surface area contributed by atoms with Crippen LogP contribution in [-0.2, 0) is 6.18 Å². The summed E-state index contributed by atoms with van der Waals surface area (Å²) in [5.41, 5.74) is 1.48. The lowest BCUT2D eigenvalue weighted by atomic mass is 10.1. The Balaban J connectivity index is 1.92. The molecule has 0 saturated carbocycles. The van der Waals surface area contributed by atoms with E-state index >= 15 is 0 Å². The van der Waals surface area contributed by atoms with E-state index in [0.717, 1.165) is 37.2 Å². The molecule has 0 fully saturated rings. The van der Waals surface area contributed by atoms with Crippen molar-refractivity contribution in [1.29, 1.82) is 0 Å². The van der Waals surface area contributed by atoms with Crippen LogP contribution >= 0.6 is 11.6 Å². The highest BCUT2D eigenvalue weighted by molar-refractivity contribution is 6.32. The third-order valence-corrected chi connectivity index (χ3v) is 3.80. The summed E-state index contributed by atoms with van der Waals surface area (Å²) >= 11 is 6.12. The first kappa shape index (κ1) is 15.1. The summed E-state index contributed by atoms with van der Waals surface area (Å²) in [5, 5.41) is 3.46. The summed E-state index contributed by atoms with van der Waals surface area (Å²) in [6.07, 6.45) is -1.49. The molecule has 1 aliphatic rings. The number of alkyl halides is 3. The van der Waals surface area contributed by atoms with Crippen molar-refractivity contribution in [1.82, 2.24) is 15.3 Å². The summed E-state index contributed by atoms with van der Waals surface area (Å²) < 4.78 is 37.8. The highest BCUT2D eigenvalue weighted by Crippen LogP contribution is 2.33. The molecule has 0 saturated heterocycles. The Morgan fingerprint density at radius 3 is 2.45 bits per heavy atom. The molecule has 3 nitrogen and oxygen atoms in total. The van der Waals surface area contributed by atoms with Gasteiger partial charge in [-0.25, -0.2) is 4.98 Å². The number of nitrogens with one attached hydrogen (secondary N) is 2. The minimum atomic E-state index is -4.35. The van der Waals surface area contributed by atoms with Crippen molar-refractivity contribution in [2.75, 3.05) is 13.1 Å². The molecule has 0 atom stereocenters. The topological polar surface area (TPSA) is 40.7 Å². The van der Waals surface area contributed by atoms with Crippen molar-refractivity contribution in [3.05, 3.63) is 46.9 Å². The van der Waals surface area contributed by atoms with Crippen LogP contribution in [0.1, 0.15) is 17.8 Å². The van der Waals surface area contributed by atoms with Crippen LogP contribution in [0.25, 0.3) is 16.8 Å². The number of rotatable bonds is 2. The van der Waals surface area contributed by atoms with Crippen molar-refractivity contribution >= 4 is 17.2 Å². The molecule has 7 heteroatoms. The third kappa shape index (κ3) is 3.03. The van der Waals surface area contributed by atoms with Crippen LogP contribution in [0, 0.1) is 0 Å². The maximum absolute atomic E-state index is 12.6. The number of imidazole rings is 1. The second-order valence-corrected chi connectivity index (χ2v) is 5.37. The number of aromatic amines is 1. The van der Waals surface area contributed by atoms with E-state index in [9.17, 15) is 13.2 Å². The first-order valence-corrected chi connectivity index (χ1v) is 7.16. The van der Waals surface area contributed by atoms with Crippen LogP contribution < -0.4 is 5.32 Å². The van der Waals surface area contributed by atoms with Gasteiger partial charge in [-0.15, -0.1) is 0 Å². The molecular formula is C15H13ClF3N3. The van der Waals surface area contributed by atoms with Crippen LogP contribution in [-0.4, -0.2) is 23.1 Å². The van der Waals surface area contributed by atoms with Crippen LogP contribution in [0.4, 0.5) is 13.2 Å². The highest BCUT2D eigenvalue weighted by atomic mass is 35.5. The van der Waals surface area contributed by atoms with Crippen molar-refractivity contribution in [3.8, 4) is 11.3 Å². The SMILES string of the molecule is FC(F)(F)c1ccc(-c2[nH]c(C3=CCNCC3)nc2Cl)cc1. The molecule has 0 bridgehead atoms. The van der Waals surface area contributed by atoms with Gasteiger partial charge in [0.2, 0.25) is 0 Å². The van der Waals surface area contributed by atoms with Crippen LogP contribution in [0.3, 0.4) is 0 Å². The zero-order chi connectivity index (χ0) is 15.7. The lowest BCUT2D eigenvalue weighted by Gasteiger charge is -2.11. The van der Waals surface area contributed by atoms with Crippen LogP contribution in [0.15, 0.2) is 30.3 Å². The van der Waals surface area contributed by atoms with Gasteiger partial charge in [-0.2, -0.15) is 13.2 Å². The van der Waals surface area contributed by atoms with E-state index in [-0.39, 0.29) is 5.15 Å². The zero-order valence-electron chi connectivity index (χ0n) is 11.5. The first-order valence-electron chi connectivity index (χ1n) is 6.78. The summed E-state index contributed by atoms with van der Waals surface area (Å²) in [7, 11) is 0. The lowest BCUT2D eigenvalue weighted by Crippen LogP contribution is -2.20. The van der Waals surface area contributed by atoms with E-state index in [2.05, 4.69) is 15.3 Å². The van der Waals surface area contributed by atoms with Gasteiger partial charge in [0.05, 0.1) is 11.3 Å². The molecule has 2 heterocycles. The smallest absolute Gasteiger partial charge is 0.337 e. The molecular weight excluding hydrogens is 315 g/mol. The monoisotopic (exact) mass is 327 g/mol. The fraction of sp³-hybridized carbons (Fsp3) is 0.267. The molecule has 116 valence electrons. The molecule has 0 amide bonds. The van der Waals surface area contributed by atoms with Gasteiger partial charge >= 0.3 is 6.18 Å². The van der Waals surface area contributed by atoms with Gasteiger partial charge in [-0.05, 0) is 30.7 Å². The molecule has 0 spiro atoms. The Labute approximate surface area is 130 Å². The molecule has 0 aliphatic carbocycles. The third-order valence-electron chi connectivity index (χ3n) is 3.53. The number of hydrogen-bond donors (Lipinski definition) is 2. The van der Waals surface area contributed by atoms with Gasteiger partial charge in [0, 0.05) is 12.1 Å². The van der Waals surface area contributed by atoms with Crippen LogP contribution in [0.2, 0.25) is 5.15 Å². The first-order chi connectivity index (χ1) is 10.4. The molecule has 2 aromatic rings. The fourth-order valence-electron chi connectivity index (χ4n) is 2.36. The van der Waals surface area contributed by atoms with Gasteiger partial charge in [-0.3, -0.25) is 0 Å². The van der Waals surface area contributed by atoms with Gasteiger partial charge in [-0.1, -0.05) is 29.8 Å². The second-order valence-electron chi connectivity index (χ2n) is 5.01. The van der Waals surface area contributed by atoms with E-state index in [4.69, 9.17) is 11.6 Å². The summed E-state index contributed by atoms with van der Waals surface area (Å²) in [6, 6.07) is 4.86. The van der Waals surface area contributed by atoms with Gasteiger partial charge < -0.3 is 10.3 Å². The van der Waals surface area contributed by atoms with Crippen molar-refractivity contribution in [2.24, 2.45) is 0 Å². The molecule has 22 heavy (non-hydrogen) atoms. The van der Waals surface area contributed by atoms with Crippen LogP contribution in [0.5, 0.6) is 0 Å². The average molecular weight is 328 g/mol. The Morgan fingerprint density at radius 2 is 1.86 bits per heavy atom. The predicted molar refractivity (Wildman–Crippen MR) is 79.5 cm³/mol. The minimum Gasteiger partial charge on any atom is -0.337 e. The van der Waals surface area contributed by atoms with Gasteiger partial charge in [0.1, 0.15) is 5.82 Å². The van der Waals surface area contributed by atoms with E-state index in [0.29, 0.717) is 17.1 Å². The minimum absolute atomic E-state index is 0.259. The van der Waals surface area contributed by atoms with E-state index in [1.54, 1.807) is 0 Å². The lowest BCUT2D eigenvalue weighted by molar-refractivity contribution is -0.137. The summed E-state index contributed by atoms with van der Waals surface area (Å²) in [5.74, 6) is 0.668. The molecule has 1 aromatic heterocycles. The van der Waals surface area contributed by atoms with E-state index in [1.807, 2.05) is 6.08 Å². The number of aromatic nitrogens is 2. The molecule has 0 unspecified atom stereocenters. The highest BCUT2D eigenvalue weighted by Gasteiger charge is 2.30. The number of hydrogen-bond acceptors (Lipinski definition) is 2. The molecule has 1 aromatic carbocycles. The normalized spacial score (nSPS) is 15.7. The predicted octanol–water partition coefficient (Wildman–Crippen LogP) is 4.13. The maximum Gasteiger partial charge on any atom is 0.416 e.